The van der Waals surface area contributed by atoms with Gasteiger partial charge in [-0.3, -0.25) is 9.78 Å². The molecule has 3 heteroatoms. The molecule has 0 saturated carbocycles. The topological polar surface area (TPSA) is 30.0 Å². The lowest BCUT2D eigenvalue weighted by Gasteiger charge is -2.05. The molecule has 20 heavy (non-hydrogen) atoms. The normalized spacial score (nSPS) is 10.7. The van der Waals surface area contributed by atoms with Crippen molar-refractivity contribution in [1.82, 2.24) is 4.98 Å². The highest BCUT2D eigenvalue weighted by molar-refractivity contribution is 6.10. The minimum atomic E-state index is -0.497. The molecule has 3 rings (SSSR count). The van der Waals surface area contributed by atoms with Crippen LogP contribution in [0.1, 0.15) is 21.5 Å². The molecule has 0 radical (unpaired) electrons. The number of rotatable bonds is 2. The van der Waals surface area contributed by atoms with Gasteiger partial charge in [-0.2, -0.15) is 0 Å². The van der Waals surface area contributed by atoms with Gasteiger partial charge in [0.2, 0.25) is 0 Å². The van der Waals surface area contributed by atoms with E-state index < -0.39 is 5.82 Å². The van der Waals surface area contributed by atoms with Crippen molar-refractivity contribution >= 4 is 16.7 Å². The highest BCUT2D eigenvalue weighted by Gasteiger charge is 2.14. The van der Waals surface area contributed by atoms with Gasteiger partial charge in [0.15, 0.2) is 5.78 Å². The van der Waals surface area contributed by atoms with E-state index in [4.69, 9.17) is 0 Å². The van der Waals surface area contributed by atoms with Crippen molar-refractivity contribution < 1.29 is 9.18 Å². The zero-order chi connectivity index (χ0) is 14.1. The van der Waals surface area contributed by atoms with Crippen LogP contribution in [-0.4, -0.2) is 10.8 Å². The lowest BCUT2D eigenvalue weighted by atomic mass is 10.0. The molecule has 3 aromatic rings. The van der Waals surface area contributed by atoms with E-state index in [0.717, 1.165) is 16.5 Å². The number of carbonyl (C=O) groups is 1. The molecule has 0 bridgehead atoms. The quantitative estimate of drug-likeness (QED) is 0.657. The zero-order valence-electron chi connectivity index (χ0n) is 10.9. The minimum absolute atomic E-state index is 0.0766. The summed E-state index contributed by atoms with van der Waals surface area (Å²) in [6, 6.07) is 13.9. The van der Waals surface area contributed by atoms with Crippen molar-refractivity contribution in [1.29, 1.82) is 0 Å². The Hall–Kier alpha value is -2.55. The van der Waals surface area contributed by atoms with Gasteiger partial charge in [-0.1, -0.05) is 24.3 Å². The summed E-state index contributed by atoms with van der Waals surface area (Å²) in [6.07, 6.45) is 1.49. The fourth-order valence-corrected chi connectivity index (χ4v) is 2.15. The maximum absolute atomic E-state index is 13.9. The first-order valence-electron chi connectivity index (χ1n) is 6.31. The lowest BCUT2D eigenvalue weighted by Crippen LogP contribution is -2.05. The van der Waals surface area contributed by atoms with Crippen LogP contribution in [0.15, 0.2) is 54.7 Å². The van der Waals surface area contributed by atoms with Crippen molar-refractivity contribution in [2.45, 2.75) is 6.92 Å². The molecule has 0 aliphatic rings. The van der Waals surface area contributed by atoms with E-state index in [-0.39, 0.29) is 11.3 Å². The SMILES string of the molecule is Cc1ccc(C(=O)c2cnc3ccccc3c2)c(F)c1. The summed E-state index contributed by atoms with van der Waals surface area (Å²) in [5.74, 6) is -0.844. The molecule has 2 aromatic carbocycles. The highest BCUT2D eigenvalue weighted by atomic mass is 19.1. The molecule has 0 spiro atoms. The molecule has 0 aliphatic carbocycles. The van der Waals surface area contributed by atoms with Crippen molar-refractivity contribution in [3.8, 4) is 0 Å². The number of nitrogens with zero attached hydrogens (tertiary/aromatic N) is 1. The van der Waals surface area contributed by atoms with Gasteiger partial charge in [-0.15, -0.1) is 0 Å². The van der Waals surface area contributed by atoms with E-state index in [1.54, 1.807) is 19.1 Å². The number of benzene rings is 2. The Bertz CT molecular complexity index is 811. The predicted octanol–water partition coefficient (Wildman–Crippen LogP) is 3.91. The molecule has 1 heterocycles. The third-order valence-electron chi connectivity index (χ3n) is 3.22. The van der Waals surface area contributed by atoms with Gasteiger partial charge in [-0.25, -0.2) is 4.39 Å². The maximum Gasteiger partial charge on any atom is 0.197 e. The minimum Gasteiger partial charge on any atom is -0.288 e. The summed E-state index contributed by atoms with van der Waals surface area (Å²) in [5.41, 5.74) is 2.07. The summed E-state index contributed by atoms with van der Waals surface area (Å²) in [4.78, 5) is 16.6. The Labute approximate surface area is 115 Å². The fourth-order valence-electron chi connectivity index (χ4n) is 2.15. The number of fused-ring (bicyclic) bond motifs is 1. The van der Waals surface area contributed by atoms with E-state index in [0.29, 0.717) is 5.56 Å². The monoisotopic (exact) mass is 265 g/mol. The summed E-state index contributed by atoms with van der Waals surface area (Å²) in [6.45, 7) is 1.79. The van der Waals surface area contributed by atoms with Crippen molar-refractivity contribution in [3.05, 3.63) is 77.2 Å². The number of ketones is 1. The van der Waals surface area contributed by atoms with E-state index in [1.165, 1.54) is 18.3 Å². The Morgan fingerprint density at radius 3 is 2.70 bits per heavy atom. The molecule has 0 N–H and O–H groups in total. The van der Waals surface area contributed by atoms with Crippen molar-refractivity contribution in [2.24, 2.45) is 0 Å². The van der Waals surface area contributed by atoms with Crippen LogP contribution in [0, 0.1) is 12.7 Å². The molecule has 0 aliphatic heterocycles. The number of hydrogen-bond donors (Lipinski definition) is 0. The first-order valence-corrected chi connectivity index (χ1v) is 6.31. The fraction of sp³-hybridized carbons (Fsp3) is 0.0588. The standard InChI is InChI=1S/C17H12FNO/c1-11-6-7-14(15(18)8-11)17(20)13-9-12-4-2-3-5-16(12)19-10-13/h2-10H,1H3. The number of pyridine rings is 1. The third-order valence-corrected chi connectivity index (χ3v) is 3.22. The summed E-state index contributed by atoms with van der Waals surface area (Å²) in [7, 11) is 0. The van der Waals surface area contributed by atoms with Gasteiger partial charge in [0.25, 0.3) is 0 Å². The number of aryl methyl sites for hydroxylation is 1. The number of carbonyl (C=O) groups excluding carboxylic acids is 1. The molecule has 1 aromatic heterocycles. The number of para-hydroxylation sites is 1. The van der Waals surface area contributed by atoms with Gasteiger partial charge in [0.1, 0.15) is 5.82 Å². The largest absolute Gasteiger partial charge is 0.288 e. The molecule has 0 atom stereocenters. The summed E-state index contributed by atoms with van der Waals surface area (Å²) < 4.78 is 13.9. The molecular formula is C17H12FNO. The van der Waals surface area contributed by atoms with Gasteiger partial charge in [-0.05, 0) is 36.8 Å². The van der Waals surface area contributed by atoms with Gasteiger partial charge in [0.05, 0.1) is 11.1 Å². The molecular weight excluding hydrogens is 253 g/mol. The molecule has 2 nitrogen and oxygen atoms in total. The van der Waals surface area contributed by atoms with Crippen LogP contribution in [0.3, 0.4) is 0 Å². The third kappa shape index (κ3) is 2.18. The number of aromatic nitrogens is 1. The van der Waals surface area contributed by atoms with Crippen LogP contribution < -0.4 is 0 Å². The first-order chi connectivity index (χ1) is 9.65. The summed E-state index contributed by atoms with van der Waals surface area (Å²) >= 11 is 0. The Morgan fingerprint density at radius 2 is 1.90 bits per heavy atom. The van der Waals surface area contributed by atoms with Crippen LogP contribution in [0.2, 0.25) is 0 Å². The van der Waals surface area contributed by atoms with Gasteiger partial charge < -0.3 is 0 Å². The van der Waals surface area contributed by atoms with Crippen molar-refractivity contribution in [3.63, 3.8) is 0 Å². The van der Waals surface area contributed by atoms with Crippen LogP contribution >= 0.6 is 0 Å². The van der Waals surface area contributed by atoms with E-state index in [2.05, 4.69) is 4.98 Å². The van der Waals surface area contributed by atoms with Crippen LogP contribution in [-0.2, 0) is 0 Å². The Morgan fingerprint density at radius 1 is 1.10 bits per heavy atom. The Kier molecular flexibility index (Phi) is 3.03. The second kappa shape index (κ2) is 4.85. The zero-order valence-corrected chi connectivity index (χ0v) is 10.9. The maximum atomic E-state index is 13.9. The average Bonchev–Trinajstić information content (AvgIpc) is 2.46. The molecule has 98 valence electrons. The first kappa shape index (κ1) is 12.5. The van der Waals surface area contributed by atoms with Crippen molar-refractivity contribution in [2.75, 3.05) is 0 Å². The molecule has 0 unspecified atom stereocenters. The van der Waals surface area contributed by atoms with Crippen LogP contribution in [0.5, 0.6) is 0 Å². The van der Waals surface area contributed by atoms with E-state index in [1.807, 2.05) is 24.3 Å². The second-order valence-electron chi connectivity index (χ2n) is 4.73. The van der Waals surface area contributed by atoms with E-state index >= 15 is 0 Å². The molecule has 0 fully saturated rings. The number of halogens is 1. The van der Waals surface area contributed by atoms with E-state index in [9.17, 15) is 9.18 Å². The second-order valence-corrected chi connectivity index (χ2v) is 4.73. The predicted molar refractivity (Wildman–Crippen MR) is 76.3 cm³/mol. The smallest absolute Gasteiger partial charge is 0.197 e. The highest BCUT2D eigenvalue weighted by Crippen LogP contribution is 2.18. The number of hydrogen-bond acceptors (Lipinski definition) is 2. The summed E-state index contributed by atoms with van der Waals surface area (Å²) in [5, 5.41) is 0.867. The molecule has 0 saturated heterocycles. The average molecular weight is 265 g/mol. The Balaban J connectivity index is 2.08. The van der Waals surface area contributed by atoms with Crippen LogP contribution in [0.25, 0.3) is 10.9 Å². The van der Waals surface area contributed by atoms with Gasteiger partial charge in [0, 0.05) is 17.1 Å². The molecule has 0 amide bonds. The lowest BCUT2D eigenvalue weighted by molar-refractivity contribution is 0.103. The van der Waals surface area contributed by atoms with Gasteiger partial charge >= 0.3 is 0 Å². The van der Waals surface area contributed by atoms with Crippen LogP contribution in [0.4, 0.5) is 4.39 Å².